The van der Waals surface area contributed by atoms with Crippen molar-refractivity contribution in [1.29, 1.82) is 0 Å². The minimum Gasteiger partial charge on any atom is -0.103 e. The molecule has 1 aromatic rings. The summed E-state index contributed by atoms with van der Waals surface area (Å²) in [7, 11) is 0. The van der Waals surface area contributed by atoms with Crippen LogP contribution < -0.4 is 0 Å². The lowest BCUT2D eigenvalue weighted by Gasteiger charge is -1.98. The van der Waals surface area contributed by atoms with Gasteiger partial charge in [-0.3, -0.25) is 0 Å². The van der Waals surface area contributed by atoms with Crippen molar-refractivity contribution in [3.63, 3.8) is 0 Å². The summed E-state index contributed by atoms with van der Waals surface area (Å²) in [4.78, 5) is 0. The van der Waals surface area contributed by atoms with E-state index in [1.54, 1.807) is 6.08 Å². The Bertz CT molecular complexity index is 223. The maximum absolute atomic E-state index is 3.36. The lowest BCUT2D eigenvalue weighted by molar-refractivity contribution is 1.11. The van der Waals surface area contributed by atoms with E-state index in [0.29, 0.717) is 0 Å². The van der Waals surface area contributed by atoms with E-state index in [-0.39, 0.29) is 14.9 Å². The molecule has 0 heterocycles. The van der Waals surface area contributed by atoms with Crippen molar-refractivity contribution in [3.05, 3.63) is 48.0 Å². The summed E-state index contributed by atoms with van der Waals surface area (Å²) < 4.78 is 0. The first-order valence-electron chi connectivity index (χ1n) is 5.37. The highest BCUT2D eigenvalue weighted by Gasteiger charge is 1.89. The normalized spacial score (nSPS) is 6.56. The number of allylic oxidation sites excluding steroid dienone is 1. The number of rotatable bonds is 1. The standard InChI is InChI=1S/C9H12.C3H6.C2H6.2CH4/c1-3-9-7-5-4-6-8(9)2;1-3-2;1-2;;/h4-7H,3H2,1-2H3;3H,1H2,2H3;1-2H3;2*1H4. The van der Waals surface area contributed by atoms with Crippen LogP contribution in [0.5, 0.6) is 0 Å². The Morgan fingerprint density at radius 3 is 1.75 bits per heavy atom. The molecule has 1 aromatic carbocycles. The molecule has 0 fully saturated rings. The Morgan fingerprint density at radius 2 is 1.50 bits per heavy atom. The fraction of sp³-hybridized carbons (Fsp3) is 0.500. The second-order valence-corrected chi connectivity index (χ2v) is 2.69. The van der Waals surface area contributed by atoms with Crippen molar-refractivity contribution in [3.8, 4) is 0 Å². The molecule has 0 spiro atoms. The number of benzene rings is 1. The summed E-state index contributed by atoms with van der Waals surface area (Å²) >= 11 is 0. The molecule has 0 saturated heterocycles. The minimum atomic E-state index is 0. The van der Waals surface area contributed by atoms with Gasteiger partial charge in [-0.2, -0.15) is 0 Å². The third-order valence-corrected chi connectivity index (χ3v) is 1.64. The van der Waals surface area contributed by atoms with Crippen LogP contribution in [0.1, 0.15) is 53.7 Å². The summed E-state index contributed by atoms with van der Waals surface area (Å²) in [5.41, 5.74) is 2.86. The van der Waals surface area contributed by atoms with Crippen LogP contribution in [0.3, 0.4) is 0 Å². The fourth-order valence-electron chi connectivity index (χ4n) is 1.01. The molecule has 0 amide bonds. The predicted octanol–water partition coefficient (Wildman–Crippen LogP) is 6.05. The molecule has 0 saturated carbocycles. The number of hydrogen-bond donors (Lipinski definition) is 0. The molecule has 0 radical (unpaired) electrons. The second kappa shape index (κ2) is 19.5. The average Bonchev–Trinajstić information content (AvgIpc) is 2.23. The van der Waals surface area contributed by atoms with E-state index < -0.39 is 0 Å². The van der Waals surface area contributed by atoms with E-state index >= 15 is 0 Å². The molecule has 0 aliphatic heterocycles. The van der Waals surface area contributed by atoms with Gasteiger partial charge in [0.15, 0.2) is 0 Å². The molecular weight excluding hydrogens is 192 g/mol. The van der Waals surface area contributed by atoms with Crippen LogP contribution in [0.15, 0.2) is 36.9 Å². The van der Waals surface area contributed by atoms with E-state index in [4.69, 9.17) is 0 Å². The van der Waals surface area contributed by atoms with E-state index in [1.807, 2.05) is 20.8 Å². The molecule has 0 nitrogen and oxygen atoms in total. The van der Waals surface area contributed by atoms with Crippen LogP contribution in [0.25, 0.3) is 0 Å². The maximum atomic E-state index is 3.36. The van der Waals surface area contributed by atoms with Crippen LogP contribution in [-0.2, 0) is 6.42 Å². The van der Waals surface area contributed by atoms with Crippen LogP contribution in [0, 0.1) is 6.92 Å². The first kappa shape index (κ1) is 24.3. The third-order valence-electron chi connectivity index (χ3n) is 1.64. The largest absolute Gasteiger partial charge is 0.103 e. The van der Waals surface area contributed by atoms with Gasteiger partial charge in [-0.15, -0.1) is 6.58 Å². The summed E-state index contributed by atoms with van der Waals surface area (Å²) in [6.45, 7) is 13.6. The highest BCUT2D eigenvalue weighted by molar-refractivity contribution is 5.24. The molecule has 0 bridgehead atoms. The van der Waals surface area contributed by atoms with Gasteiger partial charge < -0.3 is 0 Å². The van der Waals surface area contributed by atoms with Crippen molar-refractivity contribution in [2.75, 3.05) is 0 Å². The molecule has 0 aliphatic rings. The zero-order valence-corrected chi connectivity index (χ0v) is 10.3. The molecule has 1 rings (SSSR count). The van der Waals surface area contributed by atoms with Gasteiger partial charge in [-0.05, 0) is 31.4 Å². The summed E-state index contributed by atoms with van der Waals surface area (Å²) in [5, 5.41) is 0. The van der Waals surface area contributed by atoms with Gasteiger partial charge in [-0.1, -0.05) is 66.0 Å². The Kier molecular flexibility index (Phi) is 29.6. The maximum Gasteiger partial charge on any atom is -0.0305 e. The fourth-order valence-corrected chi connectivity index (χ4v) is 1.01. The van der Waals surface area contributed by atoms with Gasteiger partial charge in [0, 0.05) is 0 Å². The molecule has 0 N–H and O–H groups in total. The van der Waals surface area contributed by atoms with Crippen molar-refractivity contribution in [1.82, 2.24) is 0 Å². The lowest BCUT2D eigenvalue weighted by atomic mass is 10.1. The molecular formula is C16H32. The van der Waals surface area contributed by atoms with E-state index in [0.717, 1.165) is 6.42 Å². The van der Waals surface area contributed by atoms with Gasteiger partial charge >= 0.3 is 0 Å². The van der Waals surface area contributed by atoms with Crippen LogP contribution in [-0.4, -0.2) is 0 Å². The Labute approximate surface area is 104 Å². The average molecular weight is 224 g/mol. The quantitative estimate of drug-likeness (QED) is 0.509. The van der Waals surface area contributed by atoms with Crippen LogP contribution >= 0.6 is 0 Å². The van der Waals surface area contributed by atoms with Crippen molar-refractivity contribution >= 4 is 0 Å². The summed E-state index contributed by atoms with van der Waals surface area (Å²) in [6.07, 6.45) is 2.90. The third kappa shape index (κ3) is 13.0. The Hall–Kier alpha value is -1.04. The molecule has 16 heavy (non-hydrogen) atoms. The SMILES string of the molecule is C.C.C=CC.CC.CCc1ccccc1C. The predicted molar refractivity (Wildman–Crippen MR) is 81.2 cm³/mol. The molecule has 0 aromatic heterocycles. The number of aryl methyl sites for hydroxylation is 2. The first-order valence-corrected chi connectivity index (χ1v) is 5.37. The Balaban J connectivity index is -0.0000000907. The van der Waals surface area contributed by atoms with Gasteiger partial charge in [0.2, 0.25) is 0 Å². The smallest absolute Gasteiger partial charge is 0.0305 e. The minimum absolute atomic E-state index is 0. The Morgan fingerprint density at radius 1 is 1.12 bits per heavy atom. The van der Waals surface area contributed by atoms with E-state index in [9.17, 15) is 0 Å². The zero-order chi connectivity index (χ0) is 11.4. The zero-order valence-electron chi connectivity index (χ0n) is 10.3. The van der Waals surface area contributed by atoms with Crippen molar-refractivity contribution in [2.45, 2.75) is 55.9 Å². The van der Waals surface area contributed by atoms with Crippen LogP contribution in [0.4, 0.5) is 0 Å². The topological polar surface area (TPSA) is 0 Å². The first-order chi connectivity index (χ1) is 6.76. The highest BCUT2D eigenvalue weighted by Crippen LogP contribution is 2.06. The van der Waals surface area contributed by atoms with Gasteiger partial charge in [0.25, 0.3) is 0 Å². The van der Waals surface area contributed by atoms with Crippen molar-refractivity contribution < 1.29 is 0 Å². The monoisotopic (exact) mass is 224 g/mol. The molecule has 0 heteroatoms. The van der Waals surface area contributed by atoms with Gasteiger partial charge in [0.1, 0.15) is 0 Å². The number of hydrogen-bond acceptors (Lipinski definition) is 0. The van der Waals surface area contributed by atoms with E-state index in [1.165, 1.54) is 11.1 Å². The summed E-state index contributed by atoms with van der Waals surface area (Å²) in [5.74, 6) is 0. The van der Waals surface area contributed by atoms with Crippen molar-refractivity contribution in [2.24, 2.45) is 0 Å². The summed E-state index contributed by atoms with van der Waals surface area (Å²) in [6, 6.07) is 8.49. The lowest BCUT2D eigenvalue weighted by Crippen LogP contribution is -1.82. The second-order valence-electron chi connectivity index (χ2n) is 2.69. The molecule has 96 valence electrons. The highest BCUT2D eigenvalue weighted by atomic mass is 13.9. The van der Waals surface area contributed by atoms with Gasteiger partial charge in [0.05, 0.1) is 0 Å². The van der Waals surface area contributed by atoms with Gasteiger partial charge in [-0.25, -0.2) is 0 Å². The molecule has 0 aliphatic carbocycles. The van der Waals surface area contributed by atoms with E-state index in [2.05, 4.69) is 44.7 Å². The molecule has 0 atom stereocenters. The molecule has 0 unspecified atom stereocenters. The van der Waals surface area contributed by atoms with Crippen LogP contribution in [0.2, 0.25) is 0 Å².